The summed E-state index contributed by atoms with van der Waals surface area (Å²) in [4.78, 5) is 28.0. The average Bonchev–Trinajstić information content (AvgIpc) is 3.16. The Labute approximate surface area is 192 Å². The highest BCUT2D eigenvalue weighted by molar-refractivity contribution is 7.89. The van der Waals surface area contributed by atoms with Crippen molar-refractivity contribution >= 4 is 54.2 Å². The van der Waals surface area contributed by atoms with E-state index >= 15 is 0 Å². The van der Waals surface area contributed by atoms with Crippen molar-refractivity contribution in [3.63, 3.8) is 0 Å². The average molecular weight is 495 g/mol. The number of carbonyl (C=O) groups excluding carboxylic acids is 2. The third-order valence-electron chi connectivity index (χ3n) is 5.29. The number of aromatic nitrogens is 1. The number of fused-ring (bicyclic) bond motifs is 1. The van der Waals surface area contributed by atoms with E-state index in [1.807, 2.05) is 0 Å². The van der Waals surface area contributed by atoms with E-state index in [-0.39, 0.29) is 42.6 Å². The van der Waals surface area contributed by atoms with Crippen molar-refractivity contribution in [3.05, 3.63) is 48.0 Å². The molecule has 1 aliphatic heterocycles. The zero-order chi connectivity index (χ0) is 23.8. The molecule has 0 radical (unpaired) electrons. The number of nitrogens with one attached hydrogen (secondary N) is 2. The van der Waals surface area contributed by atoms with Gasteiger partial charge in [-0.15, -0.1) is 0 Å². The maximum atomic E-state index is 13.5. The summed E-state index contributed by atoms with van der Waals surface area (Å²) in [5, 5.41) is 5.88. The van der Waals surface area contributed by atoms with Gasteiger partial charge in [-0.3, -0.25) is 9.59 Å². The van der Waals surface area contributed by atoms with Crippen LogP contribution in [0.15, 0.2) is 41.3 Å². The van der Waals surface area contributed by atoms with Gasteiger partial charge < -0.3 is 10.6 Å². The standard InChI is InChI=1S/C21H20F2N4O4S2/c1-12(28)24-14-2-5-18-19(10-14)32-21(25-18)26-20(29)13-6-8-27(9-7-13)33(30,31)15-3-4-16(22)17(23)11-15/h2-5,10-11,13H,6-9H2,1H3,(H,24,28)(H,25,26,29). The molecule has 8 nitrogen and oxygen atoms in total. The van der Waals surface area contributed by atoms with Crippen LogP contribution in [0.1, 0.15) is 19.8 Å². The van der Waals surface area contributed by atoms with Gasteiger partial charge in [-0.25, -0.2) is 22.2 Å². The summed E-state index contributed by atoms with van der Waals surface area (Å²) < 4.78 is 54.0. The first-order valence-corrected chi connectivity index (χ1v) is 12.3. The zero-order valence-corrected chi connectivity index (χ0v) is 19.1. The molecule has 1 fully saturated rings. The molecule has 0 spiro atoms. The summed E-state index contributed by atoms with van der Waals surface area (Å²) in [6.07, 6.45) is 0.568. The highest BCUT2D eigenvalue weighted by atomic mass is 32.2. The van der Waals surface area contributed by atoms with Crippen molar-refractivity contribution in [2.24, 2.45) is 5.92 Å². The van der Waals surface area contributed by atoms with Gasteiger partial charge in [-0.05, 0) is 49.2 Å². The number of hydrogen-bond acceptors (Lipinski definition) is 6. The second-order valence-electron chi connectivity index (χ2n) is 7.63. The van der Waals surface area contributed by atoms with E-state index in [0.29, 0.717) is 22.4 Å². The van der Waals surface area contributed by atoms with Crippen LogP contribution >= 0.6 is 11.3 Å². The SMILES string of the molecule is CC(=O)Nc1ccc2nc(NC(=O)C3CCN(S(=O)(=O)c4ccc(F)c(F)c4)CC3)sc2c1. The normalized spacial score (nSPS) is 15.5. The molecule has 2 heterocycles. The number of amides is 2. The Morgan fingerprint density at radius 1 is 1.06 bits per heavy atom. The first-order valence-electron chi connectivity index (χ1n) is 10.1. The number of sulfonamides is 1. The topological polar surface area (TPSA) is 108 Å². The number of thiazole rings is 1. The fourth-order valence-corrected chi connectivity index (χ4v) is 6.00. The van der Waals surface area contributed by atoms with Gasteiger partial charge in [0.1, 0.15) is 0 Å². The summed E-state index contributed by atoms with van der Waals surface area (Å²) in [7, 11) is -3.98. The fraction of sp³-hybridized carbons (Fsp3) is 0.286. The molecule has 3 aromatic rings. The molecule has 2 N–H and O–H groups in total. The van der Waals surface area contributed by atoms with Crippen molar-refractivity contribution in [1.29, 1.82) is 0 Å². The minimum atomic E-state index is -3.98. The highest BCUT2D eigenvalue weighted by Crippen LogP contribution is 2.30. The molecule has 1 aliphatic rings. The number of nitrogens with zero attached hydrogens (tertiary/aromatic N) is 2. The highest BCUT2D eigenvalue weighted by Gasteiger charge is 2.32. The minimum Gasteiger partial charge on any atom is -0.326 e. The molecule has 1 aromatic heterocycles. The lowest BCUT2D eigenvalue weighted by atomic mass is 9.97. The summed E-state index contributed by atoms with van der Waals surface area (Å²) in [6, 6.07) is 7.70. The summed E-state index contributed by atoms with van der Waals surface area (Å²) >= 11 is 1.27. The molecule has 12 heteroatoms. The fourth-order valence-electron chi connectivity index (χ4n) is 3.61. The Morgan fingerprint density at radius 3 is 2.45 bits per heavy atom. The lowest BCUT2D eigenvalue weighted by Gasteiger charge is -2.30. The van der Waals surface area contributed by atoms with Crippen LogP contribution in [0.2, 0.25) is 0 Å². The van der Waals surface area contributed by atoms with Gasteiger partial charge in [-0.2, -0.15) is 4.31 Å². The van der Waals surface area contributed by atoms with Gasteiger partial charge >= 0.3 is 0 Å². The first-order chi connectivity index (χ1) is 15.6. The van der Waals surface area contributed by atoms with Crippen molar-refractivity contribution in [2.45, 2.75) is 24.7 Å². The van der Waals surface area contributed by atoms with E-state index in [1.165, 1.54) is 22.6 Å². The van der Waals surface area contributed by atoms with Crippen LogP contribution in [0, 0.1) is 17.6 Å². The lowest BCUT2D eigenvalue weighted by Crippen LogP contribution is -2.41. The van der Waals surface area contributed by atoms with E-state index in [2.05, 4.69) is 15.6 Å². The number of hydrogen-bond donors (Lipinski definition) is 2. The number of benzene rings is 2. The van der Waals surface area contributed by atoms with E-state index in [0.717, 1.165) is 16.8 Å². The minimum absolute atomic E-state index is 0.0827. The Balaban J connectivity index is 1.39. The molecule has 0 bridgehead atoms. The Bertz CT molecular complexity index is 1340. The number of anilines is 2. The molecule has 33 heavy (non-hydrogen) atoms. The second kappa shape index (κ2) is 9.12. The number of halogens is 2. The third kappa shape index (κ3) is 5.02. The van der Waals surface area contributed by atoms with Crippen LogP contribution in [-0.4, -0.2) is 42.6 Å². The van der Waals surface area contributed by atoms with Crippen LogP contribution in [-0.2, 0) is 19.6 Å². The van der Waals surface area contributed by atoms with Crippen molar-refractivity contribution in [1.82, 2.24) is 9.29 Å². The molecule has 0 atom stereocenters. The lowest BCUT2D eigenvalue weighted by molar-refractivity contribution is -0.121. The van der Waals surface area contributed by atoms with E-state index in [4.69, 9.17) is 0 Å². The summed E-state index contributed by atoms with van der Waals surface area (Å²) in [6.45, 7) is 1.58. The van der Waals surface area contributed by atoms with Gasteiger partial charge in [0.2, 0.25) is 21.8 Å². The molecular formula is C21H20F2N4O4S2. The summed E-state index contributed by atoms with van der Waals surface area (Å²) in [5.41, 5.74) is 1.31. The molecule has 174 valence electrons. The van der Waals surface area contributed by atoms with Crippen LogP contribution < -0.4 is 10.6 Å². The van der Waals surface area contributed by atoms with Crippen LogP contribution in [0.3, 0.4) is 0 Å². The maximum Gasteiger partial charge on any atom is 0.243 e. The van der Waals surface area contributed by atoms with Gasteiger partial charge in [0.05, 0.1) is 15.1 Å². The van der Waals surface area contributed by atoms with E-state index in [9.17, 15) is 26.8 Å². The molecular weight excluding hydrogens is 474 g/mol. The van der Waals surface area contributed by atoms with Crippen molar-refractivity contribution < 1.29 is 26.8 Å². The monoisotopic (exact) mass is 494 g/mol. The van der Waals surface area contributed by atoms with E-state index < -0.39 is 27.6 Å². The van der Waals surface area contributed by atoms with Crippen molar-refractivity contribution in [2.75, 3.05) is 23.7 Å². The van der Waals surface area contributed by atoms with Crippen LogP contribution in [0.4, 0.5) is 19.6 Å². The molecule has 4 rings (SSSR count). The number of carbonyl (C=O) groups is 2. The Hall–Kier alpha value is -2.96. The Kier molecular flexibility index (Phi) is 6.41. The van der Waals surface area contributed by atoms with Crippen LogP contribution in [0.25, 0.3) is 10.2 Å². The van der Waals surface area contributed by atoms with E-state index in [1.54, 1.807) is 18.2 Å². The second-order valence-corrected chi connectivity index (χ2v) is 10.6. The van der Waals surface area contributed by atoms with Gasteiger partial charge in [0, 0.05) is 31.6 Å². The predicted molar refractivity (Wildman–Crippen MR) is 120 cm³/mol. The molecule has 0 aliphatic carbocycles. The number of piperidine rings is 1. The predicted octanol–water partition coefficient (Wildman–Crippen LogP) is 3.57. The van der Waals surface area contributed by atoms with Gasteiger partial charge in [0.25, 0.3) is 0 Å². The molecule has 0 saturated carbocycles. The maximum absolute atomic E-state index is 13.5. The third-order valence-corrected chi connectivity index (χ3v) is 8.12. The summed E-state index contributed by atoms with van der Waals surface area (Å²) in [5.74, 6) is -3.22. The molecule has 1 saturated heterocycles. The quantitative estimate of drug-likeness (QED) is 0.564. The molecule has 0 unspecified atom stereocenters. The Morgan fingerprint density at radius 2 is 1.79 bits per heavy atom. The van der Waals surface area contributed by atoms with Crippen molar-refractivity contribution in [3.8, 4) is 0 Å². The van der Waals surface area contributed by atoms with Gasteiger partial charge in [0.15, 0.2) is 16.8 Å². The molecule has 2 aromatic carbocycles. The van der Waals surface area contributed by atoms with Crippen LogP contribution in [0.5, 0.6) is 0 Å². The number of rotatable bonds is 5. The van der Waals surface area contributed by atoms with Gasteiger partial charge in [-0.1, -0.05) is 11.3 Å². The largest absolute Gasteiger partial charge is 0.326 e. The zero-order valence-electron chi connectivity index (χ0n) is 17.5. The smallest absolute Gasteiger partial charge is 0.243 e. The molecule has 2 amide bonds. The first kappa shape index (κ1) is 23.2.